The fourth-order valence-corrected chi connectivity index (χ4v) is 6.56. The van der Waals surface area contributed by atoms with Crippen molar-refractivity contribution in [1.29, 1.82) is 0 Å². The number of nitrogens with zero attached hydrogens (tertiary/aromatic N) is 2. The zero-order valence-corrected chi connectivity index (χ0v) is 34.3. The molecule has 3 aliphatic rings. The number of H-pyrrole nitrogens is 1. The van der Waals surface area contributed by atoms with Gasteiger partial charge in [-0.15, -0.1) is 0 Å². The summed E-state index contributed by atoms with van der Waals surface area (Å²) in [5.74, 6) is -9.79. The Kier molecular flexibility index (Phi) is 13.9. The van der Waals surface area contributed by atoms with Crippen LogP contribution in [0.15, 0.2) is 57.2 Å². The van der Waals surface area contributed by atoms with Gasteiger partial charge < -0.3 is 49.7 Å². The fourth-order valence-electron chi connectivity index (χ4n) is 6.56. The molecule has 4 heterocycles. The average molecular weight is 899 g/mol. The topological polar surface area (TPSA) is 316 Å². The molecule has 25 heteroatoms. The van der Waals surface area contributed by atoms with Gasteiger partial charge in [0.25, 0.3) is 11.5 Å². The van der Waals surface area contributed by atoms with Crippen LogP contribution in [0.5, 0.6) is 0 Å². The third kappa shape index (κ3) is 11.1. The largest absolute Gasteiger partial charge is 0.479 e. The number of guanidine groups is 1. The Hall–Kier alpha value is -6.18. The van der Waals surface area contributed by atoms with Crippen LogP contribution >= 0.6 is 0 Å². The van der Waals surface area contributed by atoms with Gasteiger partial charge in [0.1, 0.15) is 24.4 Å². The Morgan fingerprint density at radius 2 is 1.44 bits per heavy atom. The van der Waals surface area contributed by atoms with Gasteiger partial charge in [0.05, 0.1) is 16.9 Å². The van der Waals surface area contributed by atoms with Crippen molar-refractivity contribution in [1.82, 2.24) is 20.2 Å². The van der Waals surface area contributed by atoms with Gasteiger partial charge in [-0.05, 0) is 53.7 Å². The fraction of sp³-hybridized carbons (Fsp3) is 0.553. The van der Waals surface area contributed by atoms with Crippen LogP contribution in [-0.4, -0.2) is 129 Å². The second kappa shape index (κ2) is 18.3. The third-order valence-corrected chi connectivity index (χ3v) is 9.72. The lowest BCUT2D eigenvalue weighted by Crippen LogP contribution is -2.66. The quantitative estimate of drug-likeness (QED) is 0.103. The van der Waals surface area contributed by atoms with Gasteiger partial charge in [0, 0.05) is 24.2 Å². The summed E-state index contributed by atoms with van der Waals surface area (Å²) < 4.78 is 76.8. The van der Waals surface area contributed by atoms with Crippen LogP contribution in [0.3, 0.4) is 0 Å². The summed E-state index contributed by atoms with van der Waals surface area (Å²) in [5, 5.41) is 24.6. The highest BCUT2D eigenvalue weighted by molar-refractivity contribution is 6.05. The monoisotopic (exact) mass is 898 g/mol. The van der Waals surface area contributed by atoms with Crippen molar-refractivity contribution in [2.45, 2.75) is 121 Å². The standard InChI is InChI=1S/C38H45F3N6O16/c1-36(2,3)32(55)62-20-16(43-31(54)38(39,40)41)14-17(28(50)51)58-30(20)61-22-19(45-34(42)46-26(49)15-10-8-7-9-11-15)21-23(59-25(22)29(52)53)24(63-33(56)37(4,5)6)27(60-21)47-13-12-18(48)44-35(47)57/h7-13,16-17,19-25,27,30H,14H2,1-6H3,(H,43,54)(H,50,51)(H,52,53)(H,44,48,57)(H3,42,45,46,49)/t16-,17+,19+,20-,21-,22-,23-,24-,25+,27-,30+/m1/s1. The number of rotatable bonds is 10. The molecule has 3 aliphatic heterocycles. The highest BCUT2D eigenvalue weighted by Gasteiger charge is 2.62. The van der Waals surface area contributed by atoms with E-state index >= 15 is 0 Å². The maximum Gasteiger partial charge on any atom is 0.471 e. The van der Waals surface area contributed by atoms with E-state index in [0.717, 1.165) is 16.8 Å². The molecule has 2 aromatic rings. The summed E-state index contributed by atoms with van der Waals surface area (Å²) in [6.07, 6.45) is -23.4. The second-order valence-electron chi connectivity index (χ2n) is 16.7. The molecule has 0 unspecified atom stereocenters. The van der Waals surface area contributed by atoms with Crippen molar-refractivity contribution < 1.29 is 80.6 Å². The molecule has 2 amide bonds. The van der Waals surface area contributed by atoms with Crippen molar-refractivity contribution in [3.8, 4) is 0 Å². The first kappa shape index (κ1) is 47.9. The summed E-state index contributed by atoms with van der Waals surface area (Å²) >= 11 is 0. The Morgan fingerprint density at radius 1 is 0.841 bits per heavy atom. The van der Waals surface area contributed by atoms with Crippen molar-refractivity contribution in [2.24, 2.45) is 21.6 Å². The number of ether oxygens (including phenoxy) is 6. The number of esters is 2. The Labute approximate surface area is 354 Å². The van der Waals surface area contributed by atoms with E-state index in [1.165, 1.54) is 65.8 Å². The maximum absolute atomic E-state index is 13.6. The lowest BCUT2D eigenvalue weighted by atomic mass is 9.90. The molecule has 344 valence electrons. The molecule has 3 fully saturated rings. The van der Waals surface area contributed by atoms with Crippen LogP contribution in [0.2, 0.25) is 0 Å². The number of amides is 2. The Bertz CT molecular complexity index is 2240. The number of nitrogens with two attached hydrogens (primary N) is 1. The number of carboxylic acid groups (broad SMARTS) is 2. The number of aromatic nitrogens is 2. The van der Waals surface area contributed by atoms with E-state index in [1.807, 2.05) is 4.98 Å². The minimum absolute atomic E-state index is 0.0752. The minimum atomic E-state index is -5.52. The van der Waals surface area contributed by atoms with Gasteiger partial charge in [0.2, 0.25) is 0 Å². The molecule has 11 atom stereocenters. The molecule has 0 aliphatic carbocycles. The normalized spacial score (nSPS) is 28.8. The second-order valence-corrected chi connectivity index (χ2v) is 16.7. The molecule has 3 saturated heterocycles. The van der Waals surface area contributed by atoms with Crippen LogP contribution in [0.25, 0.3) is 0 Å². The highest BCUT2D eigenvalue weighted by atomic mass is 19.4. The zero-order chi connectivity index (χ0) is 46.9. The van der Waals surface area contributed by atoms with Gasteiger partial charge in [-0.1, -0.05) is 18.2 Å². The first-order valence-corrected chi connectivity index (χ1v) is 19.1. The molecule has 0 radical (unpaired) electrons. The highest BCUT2D eigenvalue weighted by Crippen LogP contribution is 2.43. The number of fused-ring (bicyclic) bond motifs is 1. The van der Waals surface area contributed by atoms with E-state index < -0.39 is 144 Å². The number of aliphatic carboxylic acids is 2. The number of carboxylic acids is 2. The summed E-state index contributed by atoms with van der Waals surface area (Å²) in [4.78, 5) is 109. The van der Waals surface area contributed by atoms with Gasteiger partial charge in [-0.2, -0.15) is 13.2 Å². The van der Waals surface area contributed by atoms with Crippen LogP contribution in [0.1, 0.15) is 64.5 Å². The van der Waals surface area contributed by atoms with E-state index in [2.05, 4.69) is 10.3 Å². The van der Waals surface area contributed by atoms with E-state index in [-0.39, 0.29) is 5.56 Å². The van der Waals surface area contributed by atoms with Crippen LogP contribution in [-0.2, 0) is 52.4 Å². The number of carbonyl (C=O) groups excluding carboxylic acids is 4. The molecule has 7 N–H and O–H groups in total. The van der Waals surface area contributed by atoms with Gasteiger partial charge >= 0.3 is 41.7 Å². The van der Waals surface area contributed by atoms with Crippen LogP contribution < -0.4 is 27.6 Å². The van der Waals surface area contributed by atoms with Crippen LogP contribution in [0.4, 0.5) is 13.2 Å². The molecule has 5 rings (SSSR count). The van der Waals surface area contributed by atoms with Crippen LogP contribution in [0, 0.1) is 10.8 Å². The summed E-state index contributed by atoms with van der Waals surface area (Å²) in [6.45, 7) is 8.49. The van der Waals surface area contributed by atoms with E-state index in [0.29, 0.717) is 0 Å². The van der Waals surface area contributed by atoms with E-state index in [9.17, 15) is 61.7 Å². The molecule has 63 heavy (non-hydrogen) atoms. The summed E-state index contributed by atoms with van der Waals surface area (Å²) in [7, 11) is 0. The molecular formula is C38H45F3N6O16. The SMILES string of the molecule is CC(C)(C)C(=O)O[C@@H]1[C@@H]2O[C@H](C(=O)O)[C@H](O[C@@H]3O[C@H](C(=O)O)C[C@@H](NC(=O)C(F)(F)F)[C@H]3OC(=O)C(C)(C)C)[C@@H](N=C(N)NC(=O)c3ccccc3)[C@H]2O[C@H]1n1ccc(=O)[nH]c1=O. The van der Waals surface area contributed by atoms with Gasteiger partial charge in [-0.25, -0.2) is 19.4 Å². The molecule has 0 saturated carbocycles. The number of nitrogens with one attached hydrogen (secondary N) is 3. The van der Waals surface area contributed by atoms with Crippen molar-refractivity contribution in [3.05, 3.63) is 69.0 Å². The minimum Gasteiger partial charge on any atom is -0.479 e. The maximum atomic E-state index is 13.6. The van der Waals surface area contributed by atoms with E-state index in [1.54, 1.807) is 11.4 Å². The zero-order valence-electron chi connectivity index (χ0n) is 34.3. The number of carbonyl (C=O) groups is 6. The smallest absolute Gasteiger partial charge is 0.471 e. The molecule has 22 nitrogen and oxygen atoms in total. The Balaban J connectivity index is 1.68. The third-order valence-electron chi connectivity index (χ3n) is 9.72. The summed E-state index contributed by atoms with van der Waals surface area (Å²) in [5.41, 5.74) is 1.75. The molecule has 1 aromatic carbocycles. The molecule has 0 bridgehead atoms. The Morgan fingerprint density at radius 3 is 1.98 bits per heavy atom. The number of hydrogen-bond acceptors (Lipinski definition) is 15. The molecule has 1 aromatic heterocycles. The number of alkyl halides is 3. The average Bonchev–Trinajstić information content (AvgIpc) is 3.52. The summed E-state index contributed by atoms with van der Waals surface area (Å²) in [6, 6.07) is 4.49. The molecular weight excluding hydrogens is 853 g/mol. The van der Waals surface area contributed by atoms with E-state index in [4.69, 9.17) is 34.2 Å². The number of aliphatic imine (C=N–C) groups is 1. The first-order chi connectivity index (χ1) is 29.2. The predicted octanol–water partition coefficient (Wildman–Crippen LogP) is -0.0530. The molecule has 0 spiro atoms. The number of aromatic amines is 1. The van der Waals surface area contributed by atoms with Crippen molar-refractivity contribution in [2.75, 3.05) is 0 Å². The number of hydrogen-bond donors (Lipinski definition) is 6. The van der Waals surface area contributed by atoms with Crippen molar-refractivity contribution >= 4 is 41.7 Å². The van der Waals surface area contributed by atoms with Crippen molar-refractivity contribution in [3.63, 3.8) is 0 Å². The lowest BCUT2D eigenvalue weighted by molar-refractivity contribution is -0.296. The van der Waals surface area contributed by atoms with Gasteiger partial charge in [0.15, 0.2) is 42.9 Å². The number of benzene rings is 1. The van der Waals surface area contributed by atoms with Gasteiger partial charge in [-0.3, -0.25) is 38.8 Å². The predicted molar refractivity (Wildman–Crippen MR) is 203 cm³/mol. The number of halogens is 3. The lowest BCUT2D eigenvalue weighted by Gasteiger charge is -2.46. The first-order valence-electron chi connectivity index (χ1n) is 19.1.